The maximum absolute atomic E-state index is 5.61. The number of nitrogens with zero attached hydrogens (tertiary/aromatic N) is 2. The molecule has 0 radical (unpaired) electrons. The van der Waals surface area contributed by atoms with Crippen LogP contribution in [-0.2, 0) is 7.05 Å². The van der Waals surface area contributed by atoms with Crippen molar-refractivity contribution in [2.75, 3.05) is 6.61 Å². The molecule has 0 bridgehead atoms. The van der Waals surface area contributed by atoms with Gasteiger partial charge in [0.15, 0.2) is 0 Å². The third kappa shape index (κ3) is 1.36. The number of nitrogens with one attached hydrogen (secondary N) is 1. The van der Waals surface area contributed by atoms with Crippen LogP contribution in [0.25, 0.3) is 0 Å². The molecule has 0 saturated heterocycles. The van der Waals surface area contributed by atoms with Gasteiger partial charge in [-0.2, -0.15) is 0 Å². The van der Waals surface area contributed by atoms with Crippen LogP contribution in [0.4, 0.5) is 0 Å². The van der Waals surface area contributed by atoms with Crippen LogP contribution in [0.1, 0.15) is 17.3 Å². The van der Waals surface area contributed by atoms with Crippen molar-refractivity contribution in [2.45, 2.75) is 5.92 Å². The van der Waals surface area contributed by atoms with Gasteiger partial charge in [0.1, 0.15) is 18.2 Å². The molecule has 1 aliphatic heterocycles. The van der Waals surface area contributed by atoms with Crippen LogP contribution in [-0.4, -0.2) is 21.4 Å². The summed E-state index contributed by atoms with van der Waals surface area (Å²) < 4.78 is 7.92. The van der Waals surface area contributed by atoms with Gasteiger partial charge in [0.05, 0.1) is 5.92 Å². The van der Waals surface area contributed by atoms with E-state index >= 15 is 0 Å². The van der Waals surface area contributed by atoms with Crippen LogP contribution < -0.4 is 4.74 Å². The number of hydrogen-bond donors (Lipinski definition) is 1. The molecule has 82 valence electrons. The van der Waals surface area contributed by atoms with E-state index in [1.165, 1.54) is 5.56 Å². The van der Waals surface area contributed by atoms with E-state index in [2.05, 4.69) is 16.1 Å². The predicted octanol–water partition coefficient (Wildman–Crippen LogP) is 2.00. The molecule has 1 aromatic heterocycles. The zero-order valence-electron chi connectivity index (χ0n) is 8.80. The second-order valence-corrected chi connectivity index (χ2v) is 4.22. The Morgan fingerprint density at radius 2 is 2.31 bits per heavy atom. The number of hydrogen-bond acceptors (Lipinski definition) is 3. The van der Waals surface area contributed by atoms with Crippen LogP contribution in [0.5, 0.6) is 5.75 Å². The van der Waals surface area contributed by atoms with E-state index < -0.39 is 0 Å². The Labute approximate surface area is 97.9 Å². The van der Waals surface area contributed by atoms with Crippen molar-refractivity contribution in [1.29, 1.82) is 0 Å². The number of rotatable bonds is 1. The molecule has 2 heterocycles. The van der Waals surface area contributed by atoms with Crippen molar-refractivity contribution in [1.82, 2.24) is 14.8 Å². The van der Waals surface area contributed by atoms with Gasteiger partial charge in [-0.1, -0.05) is 18.2 Å². The summed E-state index contributed by atoms with van der Waals surface area (Å²) in [5.41, 5.74) is 1.17. The number of aryl methyl sites for hydroxylation is 1. The lowest BCUT2D eigenvalue weighted by Crippen LogP contribution is -2.05. The predicted molar refractivity (Wildman–Crippen MR) is 62.2 cm³/mol. The molecule has 0 amide bonds. The van der Waals surface area contributed by atoms with Gasteiger partial charge < -0.3 is 4.74 Å². The topological polar surface area (TPSA) is 42.8 Å². The lowest BCUT2D eigenvalue weighted by atomic mass is 10.0. The average Bonchev–Trinajstić information content (AvgIpc) is 2.83. The highest BCUT2D eigenvalue weighted by atomic mass is 32.1. The van der Waals surface area contributed by atoms with Gasteiger partial charge in [-0.25, -0.2) is 4.98 Å². The normalized spacial score (nSPS) is 18.2. The molecule has 1 N–H and O–H groups in total. The standard InChI is InChI=1S/C11H11N3OS/c1-14-11(16)12-10(13-14)8-6-15-9-5-3-2-4-7(8)9/h2-5,8H,6H2,1H3,(H,12,13,16). The summed E-state index contributed by atoms with van der Waals surface area (Å²) in [5, 5.41) is 3.15. The van der Waals surface area contributed by atoms with Gasteiger partial charge in [0.2, 0.25) is 4.77 Å². The van der Waals surface area contributed by atoms with E-state index in [4.69, 9.17) is 17.0 Å². The number of fused-ring (bicyclic) bond motifs is 1. The lowest BCUT2D eigenvalue weighted by molar-refractivity contribution is 0.339. The molecule has 1 unspecified atom stereocenters. The van der Waals surface area contributed by atoms with Crippen LogP contribution >= 0.6 is 12.2 Å². The molecule has 0 spiro atoms. The highest BCUT2D eigenvalue weighted by Gasteiger charge is 2.27. The average molecular weight is 233 g/mol. The lowest BCUT2D eigenvalue weighted by Gasteiger charge is -2.03. The highest BCUT2D eigenvalue weighted by Crippen LogP contribution is 2.36. The van der Waals surface area contributed by atoms with E-state index in [1.54, 1.807) is 4.68 Å². The summed E-state index contributed by atoms with van der Waals surface area (Å²) in [4.78, 5) is 4.33. The first kappa shape index (κ1) is 9.59. The Morgan fingerprint density at radius 3 is 3.06 bits per heavy atom. The van der Waals surface area contributed by atoms with E-state index in [9.17, 15) is 0 Å². The van der Waals surface area contributed by atoms with Crippen LogP contribution in [0, 0.1) is 4.77 Å². The summed E-state index contributed by atoms with van der Waals surface area (Å²) in [5.74, 6) is 1.98. The van der Waals surface area contributed by atoms with E-state index in [1.807, 2.05) is 25.2 Å². The number of benzene rings is 1. The van der Waals surface area contributed by atoms with Gasteiger partial charge in [-0.15, -0.1) is 0 Å². The summed E-state index contributed by atoms with van der Waals surface area (Å²) in [7, 11) is 1.86. The van der Waals surface area contributed by atoms with Gasteiger partial charge >= 0.3 is 0 Å². The van der Waals surface area contributed by atoms with Crippen molar-refractivity contribution in [2.24, 2.45) is 7.05 Å². The molecule has 0 saturated carbocycles. The molecule has 1 aromatic carbocycles. The SMILES string of the molecule is Cn1[nH]c(C2COc3ccccc32)nc1=S. The van der Waals surface area contributed by atoms with Crippen LogP contribution in [0.15, 0.2) is 24.3 Å². The van der Waals surface area contributed by atoms with E-state index in [0.29, 0.717) is 11.4 Å². The minimum atomic E-state index is 0.166. The maximum Gasteiger partial charge on any atom is 0.215 e. The third-order valence-electron chi connectivity index (χ3n) is 2.82. The molecular weight excluding hydrogens is 222 g/mol. The molecule has 0 aliphatic carbocycles. The van der Waals surface area contributed by atoms with Gasteiger partial charge in [0, 0.05) is 12.6 Å². The first-order valence-electron chi connectivity index (χ1n) is 5.10. The van der Waals surface area contributed by atoms with Crippen molar-refractivity contribution in [3.05, 3.63) is 40.4 Å². The molecule has 4 nitrogen and oxygen atoms in total. The second kappa shape index (κ2) is 3.45. The monoisotopic (exact) mass is 233 g/mol. The van der Waals surface area contributed by atoms with Gasteiger partial charge in [0.25, 0.3) is 0 Å². The molecule has 1 aliphatic rings. The molecule has 3 rings (SSSR count). The fourth-order valence-corrected chi connectivity index (χ4v) is 2.11. The Morgan fingerprint density at radius 1 is 1.50 bits per heavy atom. The molecule has 5 heteroatoms. The summed E-state index contributed by atoms with van der Waals surface area (Å²) in [6, 6.07) is 8.03. The van der Waals surface area contributed by atoms with Crippen molar-refractivity contribution < 1.29 is 4.74 Å². The Kier molecular flexibility index (Phi) is 2.07. The summed E-state index contributed by atoms with van der Waals surface area (Å²) in [6.45, 7) is 0.627. The Bertz CT molecular complexity index is 587. The fourth-order valence-electron chi connectivity index (χ4n) is 1.97. The minimum Gasteiger partial charge on any atom is -0.492 e. The maximum atomic E-state index is 5.61. The first-order valence-corrected chi connectivity index (χ1v) is 5.51. The van der Waals surface area contributed by atoms with Crippen LogP contribution in [0.3, 0.4) is 0 Å². The minimum absolute atomic E-state index is 0.166. The third-order valence-corrected chi connectivity index (χ3v) is 3.18. The quantitative estimate of drug-likeness (QED) is 0.766. The molecule has 1 atom stereocenters. The van der Waals surface area contributed by atoms with E-state index in [-0.39, 0.29) is 5.92 Å². The van der Waals surface area contributed by atoms with Gasteiger partial charge in [-0.3, -0.25) is 9.78 Å². The Balaban J connectivity index is 2.07. The highest BCUT2D eigenvalue weighted by molar-refractivity contribution is 7.71. The number of aromatic nitrogens is 3. The van der Waals surface area contributed by atoms with Gasteiger partial charge in [-0.05, 0) is 18.3 Å². The smallest absolute Gasteiger partial charge is 0.215 e. The molecule has 16 heavy (non-hydrogen) atoms. The molecule has 2 aromatic rings. The van der Waals surface area contributed by atoms with E-state index in [0.717, 1.165) is 11.6 Å². The number of H-pyrrole nitrogens is 1. The number of aromatic amines is 1. The summed E-state index contributed by atoms with van der Waals surface area (Å²) in [6.07, 6.45) is 0. The summed E-state index contributed by atoms with van der Waals surface area (Å²) >= 11 is 5.09. The number of ether oxygens (including phenoxy) is 1. The largest absolute Gasteiger partial charge is 0.492 e. The second-order valence-electron chi connectivity index (χ2n) is 3.85. The number of para-hydroxylation sites is 1. The zero-order chi connectivity index (χ0) is 11.1. The Hall–Kier alpha value is -1.62. The zero-order valence-corrected chi connectivity index (χ0v) is 9.62. The molecular formula is C11H11N3OS. The first-order chi connectivity index (χ1) is 7.75. The fraction of sp³-hybridized carbons (Fsp3) is 0.273. The van der Waals surface area contributed by atoms with Crippen molar-refractivity contribution in [3.8, 4) is 5.75 Å². The van der Waals surface area contributed by atoms with Crippen LogP contribution in [0.2, 0.25) is 0 Å². The molecule has 0 fully saturated rings. The van der Waals surface area contributed by atoms with Crippen molar-refractivity contribution in [3.63, 3.8) is 0 Å². The van der Waals surface area contributed by atoms with Crippen molar-refractivity contribution >= 4 is 12.2 Å².